The van der Waals surface area contributed by atoms with Crippen molar-refractivity contribution in [2.24, 2.45) is 0 Å². The Morgan fingerprint density at radius 1 is 1.43 bits per heavy atom. The summed E-state index contributed by atoms with van der Waals surface area (Å²) in [6, 6.07) is 1.19. The van der Waals surface area contributed by atoms with Gasteiger partial charge < -0.3 is 15.0 Å². The van der Waals surface area contributed by atoms with Crippen molar-refractivity contribution in [3.63, 3.8) is 0 Å². The maximum absolute atomic E-state index is 11.7. The molecule has 0 spiro atoms. The largest absolute Gasteiger partial charge is 0.444 e. The van der Waals surface area contributed by atoms with Crippen LogP contribution in [0.15, 0.2) is 0 Å². The number of likely N-dealkylation sites (tertiary alicyclic amines) is 1. The molecule has 0 aromatic heterocycles. The van der Waals surface area contributed by atoms with E-state index in [0.717, 1.165) is 19.5 Å². The second-order valence-corrected chi connectivity index (χ2v) is 5.09. The number of fused-ring (bicyclic) bond motifs is 1. The first kappa shape index (κ1) is 9.77. The summed E-state index contributed by atoms with van der Waals surface area (Å²) in [5, 5.41) is 3.33. The number of rotatable bonds is 0. The van der Waals surface area contributed by atoms with Gasteiger partial charge in [0.2, 0.25) is 0 Å². The number of hydrogen-bond acceptors (Lipinski definition) is 3. The summed E-state index contributed by atoms with van der Waals surface area (Å²) in [4.78, 5) is 13.5. The first-order valence-corrected chi connectivity index (χ1v) is 5.20. The van der Waals surface area contributed by atoms with E-state index in [-0.39, 0.29) is 11.7 Å². The summed E-state index contributed by atoms with van der Waals surface area (Å²) >= 11 is 0. The average molecular weight is 198 g/mol. The van der Waals surface area contributed by atoms with Crippen LogP contribution >= 0.6 is 0 Å². The van der Waals surface area contributed by atoms with Crippen LogP contribution in [-0.4, -0.2) is 41.8 Å². The third-order valence-electron chi connectivity index (χ3n) is 2.58. The molecule has 0 unspecified atom stereocenters. The molecule has 4 heteroatoms. The fourth-order valence-electron chi connectivity index (χ4n) is 1.80. The van der Waals surface area contributed by atoms with E-state index in [1.54, 1.807) is 4.90 Å². The highest BCUT2D eigenvalue weighted by atomic mass is 16.6. The maximum atomic E-state index is 11.7. The number of hydrogen-bond donors (Lipinski definition) is 1. The van der Waals surface area contributed by atoms with Gasteiger partial charge in [0.25, 0.3) is 0 Å². The molecule has 2 fully saturated rings. The topological polar surface area (TPSA) is 51.5 Å². The van der Waals surface area contributed by atoms with Gasteiger partial charge in [0, 0.05) is 25.2 Å². The van der Waals surface area contributed by atoms with E-state index in [9.17, 15) is 4.79 Å². The van der Waals surface area contributed by atoms with Crippen molar-refractivity contribution in [2.45, 2.75) is 44.9 Å². The molecule has 2 aliphatic rings. The lowest BCUT2D eigenvalue weighted by Crippen LogP contribution is -2.42. The van der Waals surface area contributed by atoms with Gasteiger partial charge in [-0.1, -0.05) is 0 Å². The van der Waals surface area contributed by atoms with Crippen LogP contribution in [0.25, 0.3) is 0 Å². The normalized spacial score (nSPS) is 30.9. The molecule has 2 aliphatic heterocycles. The summed E-state index contributed by atoms with van der Waals surface area (Å²) < 4.78 is 5.30. The van der Waals surface area contributed by atoms with Crippen molar-refractivity contribution in [3.05, 3.63) is 0 Å². The van der Waals surface area contributed by atoms with Gasteiger partial charge >= 0.3 is 6.09 Å². The minimum Gasteiger partial charge on any atom is -0.444 e. The first-order chi connectivity index (χ1) is 6.46. The van der Waals surface area contributed by atoms with Crippen molar-refractivity contribution in [3.8, 4) is 0 Å². The van der Waals surface area contributed by atoms with E-state index in [1.165, 1.54) is 0 Å². The van der Waals surface area contributed by atoms with Gasteiger partial charge in [-0.15, -0.1) is 0 Å². The van der Waals surface area contributed by atoms with Gasteiger partial charge in [-0.25, -0.2) is 4.79 Å². The highest BCUT2D eigenvalue weighted by molar-refractivity contribution is 5.68. The van der Waals surface area contributed by atoms with E-state index >= 15 is 0 Å². The zero-order chi connectivity index (χ0) is 10.3. The van der Waals surface area contributed by atoms with E-state index in [4.69, 9.17) is 4.74 Å². The van der Waals surface area contributed by atoms with Gasteiger partial charge in [0.1, 0.15) is 5.60 Å². The summed E-state index contributed by atoms with van der Waals surface area (Å²) in [6.07, 6.45) is 0.883. The second-order valence-electron chi connectivity index (χ2n) is 5.09. The van der Waals surface area contributed by atoms with Crippen LogP contribution in [0.2, 0.25) is 0 Å². The van der Waals surface area contributed by atoms with Crippen LogP contribution in [0.4, 0.5) is 4.79 Å². The van der Waals surface area contributed by atoms with Gasteiger partial charge in [-0.2, -0.15) is 0 Å². The second kappa shape index (κ2) is 3.12. The Bertz CT molecular complexity index is 247. The molecule has 2 heterocycles. The van der Waals surface area contributed by atoms with Crippen molar-refractivity contribution in [1.29, 1.82) is 0 Å². The lowest BCUT2D eigenvalue weighted by Gasteiger charge is -2.28. The van der Waals surface area contributed by atoms with Crippen LogP contribution in [0.5, 0.6) is 0 Å². The summed E-state index contributed by atoms with van der Waals surface area (Å²) in [6.45, 7) is 7.32. The minimum absolute atomic E-state index is 0.176. The molecule has 1 N–H and O–H groups in total. The van der Waals surface area contributed by atoms with Crippen LogP contribution in [0.1, 0.15) is 27.2 Å². The number of ether oxygens (including phenoxy) is 1. The van der Waals surface area contributed by atoms with Gasteiger partial charge in [-0.05, 0) is 27.2 Å². The highest BCUT2D eigenvalue weighted by Crippen LogP contribution is 2.23. The van der Waals surface area contributed by atoms with E-state index in [1.807, 2.05) is 20.8 Å². The van der Waals surface area contributed by atoms with Gasteiger partial charge in [-0.3, -0.25) is 0 Å². The van der Waals surface area contributed by atoms with Gasteiger partial charge in [0.05, 0.1) is 0 Å². The van der Waals surface area contributed by atoms with Crippen molar-refractivity contribution >= 4 is 6.09 Å². The van der Waals surface area contributed by atoms with E-state index in [2.05, 4.69) is 5.32 Å². The zero-order valence-electron chi connectivity index (χ0n) is 9.04. The molecule has 0 aromatic rings. The molecule has 4 nitrogen and oxygen atoms in total. The Labute approximate surface area is 84.6 Å². The third kappa shape index (κ3) is 2.18. The molecule has 80 valence electrons. The van der Waals surface area contributed by atoms with Crippen molar-refractivity contribution in [2.75, 3.05) is 13.1 Å². The molecule has 2 saturated heterocycles. The quantitative estimate of drug-likeness (QED) is 0.590. The smallest absolute Gasteiger partial charge is 0.410 e. The fraction of sp³-hybridized carbons (Fsp3) is 0.900. The Morgan fingerprint density at radius 3 is 2.71 bits per heavy atom. The number of nitrogens with one attached hydrogen (secondary N) is 1. The van der Waals surface area contributed by atoms with Gasteiger partial charge in [0.15, 0.2) is 0 Å². The monoisotopic (exact) mass is 198 g/mol. The van der Waals surface area contributed by atoms with Crippen LogP contribution in [0, 0.1) is 0 Å². The number of piperidine rings is 1. The molecule has 2 rings (SSSR count). The molecular formula is C10H18N2O2. The maximum Gasteiger partial charge on any atom is 0.410 e. The number of carbonyl (C=O) groups excluding carboxylic acids is 1. The fourth-order valence-corrected chi connectivity index (χ4v) is 1.80. The molecule has 0 saturated carbocycles. The summed E-state index contributed by atoms with van der Waals surface area (Å²) in [7, 11) is 0. The SMILES string of the molecule is CC(C)(C)OC(=O)N1CC[C@@H]2N[C@@H]2C1. The Kier molecular flexibility index (Phi) is 2.18. The predicted molar refractivity (Wildman–Crippen MR) is 53.1 cm³/mol. The molecule has 0 aliphatic carbocycles. The third-order valence-corrected chi connectivity index (χ3v) is 2.58. The van der Waals surface area contributed by atoms with Crippen LogP contribution < -0.4 is 5.32 Å². The first-order valence-electron chi connectivity index (χ1n) is 5.20. The molecule has 0 aromatic carbocycles. The number of amides is 1. The Morgan fingerprint density at radius 2 is 2.14 bits per heavy atom. The van der Waals surface area contributed by atoms with Crippen molar-refractivity contribution < 1.29 is 9.53 Å². The predicted octanol–water partition coefficient (Wildman–Crippen LogP) is 0.968. The molecule has 2 atom stereocenters. The minimum atomic E-state index is -0.384. The van der Waals surface area contributed by atoms with E-state index in [0.29, 0.717) is 12.1 Å². The number of nitrogens with zero attached hydrogens (tertiary/aromatic N) is 1. The molecule has 0 radical (unpaired) electrons. The molecule has 14 heavy (non-hydrogen) atoms. The average Bonchev–Trinajstić information content (AvgIpc) is 2.77. The van der Waals surface area contributed by atoms with Crippen LogP contribution in [0.3, 0.4) is 0 Å². The Balaban J connectivity index is 1.85. The van der Waals surface area contributed by atoms with Crippen molar-refractivity contribution in [1.82, 2.24) is 10.2 Å². The zero-order valence-corrected chi connectivity index (χ0v) is 9.04. The van der Waals surface area contributed by atoms with Crippen LogP contribution in [-0.2, 0) is 4.74 Å². The lowest BCUT2D eigenvalue weighted by atomic mass is 10.1. The molecular weight excluding hydrogens is 180 g/mol. The van der Waals surface area contributed by atoms with E-state index < -0.39 is 0 Å². The molecule has 1 amide bonds. The summed E-state index contributed by atoms with van der Waals surface area (Å²) in [5.41, 5.74) is -0.384. The highest BCUT2D eigenvalue weighted by Gasteiger charge is 2.42. The molecule has 0 bridgehead atoms. The number of carbonyl (C=O) groups is 1. The standard InChI is InChI=1S/C10H18N2O2/c1-10(2,3)14-9(13)12-5-4-7-8(6-12)11-7/h7-8,11H,4-6H2,1-3H3/t7-,8+/m0/s1. The lowest BCUT2D eigenvalue weighted by molar-refractivity contribution is 0.0232. The summed E-state index contributed by atoms with van der Waals surface area (Å²) in [5.74, 6) is 0. The Hall–Kier alpha value is -0.770.